The van der Waals surface area contributed by atoms with Gasteiger partial charge in [-0.05, 0) is 50.1 Å². The molecule has 3 aromatic rings. The first-order valence-corrected chi connectivity index (χ1v) is 8.52. The van der Waals surface area contributed by atoms with Crippen LogP contribution in [-0.2, 0) is 17.9 Å². The molecule has 134 valence electrons. The van der Waals surface area contributed by atoms with Gasteiger partial charge in [0, 0.05) is 12.2 Å². The summed E-state index contributed by atoms with van der Waals surface area (Å²) in [4.78, 5) is 37.7. The third-order valence-corrected chi connectivity index (χ3v) is 4.42. The lowest BCUT2D eigenvalue weighted by molar-refractivity contribution is -0.116. The smallest absolute Gasteiger partial charge is 0.324 e. The maximum absolute atomic E-state index is 12.7. The summed E-state index contributed by atoms with van der Waals surface area (Å²) in [6, 6.07) is 12.6. The highest BCUT2D eigenvalue weighted by atomic mass is 16.2. The van der Waals surface area contributed by atoms with Gasteiger partial charge in [0.2, 0.25) is 5.91 Å². The Morgan fingerprint density at radius 3 is 2.50 bits per heavy atom. The van der Waals surface area contributed by atoms with Crippen molar-refractivity contribution >= 4 is 22.5 Å². The van der Waals surface area contributed by atoms with E-state index < -0.39 is 5.69 Å². The Hall–Kier alpha value is -3.15. The van der Waals surface area contributed by atoms with Crippen LogP contribution in [0.5, 0.6) is 0 Å². The number of rotatable bonds is 4. The number of nitrogens with one attached hydrogen (secondary N) is 1. The van der Waals surface area contributed by atoms with Crippen LogP contribution in [0.3, 0.4) is 0 Å². The quantitative estimate of drug-likeness (QED) is 0.785. The molecular weight excluding hydrogens is 330 g/mol. The van der Waals surface area contributed by atoms with E-state index in [4.69, 9.17) is 0 Å². The summed E-state index contributed by atoms with van der Waals surface area (Å²) in [5.74, 6) is -0.313. The minimum atomic E-state index is -0.479. The van der Waals surface area contributed by atoms with E-state index in [1.54, 1.807) is 31.2 Å². The molecule has 0 aliphatic heterocycles. The molecule has 2 aromatic carbocycles. The number of aromatic nitrogens is 2. The minimum Gasteiger partial charge on any atom is -0.324 e. The molecule has 0 unspecified atom stereocenters. The molecule has 0 saturated heterocycles. The number of aryl methyl sites for hydroxylation is 2. The summed E-state index contributed by atoms with van der Waals surface area (Å²) in [5, 5.41) is 3.28. The standard InChI is InChI=1S/C20H21N3O3/c1-4-22-19(25)15-7-5-6-8-17(15)23(20(22)26)12-18(24)21-16-11-13(2)9-10-14(16)3/h5-11H,4,12H2,1-3H3,(H,21,24). The molecule has 0 bridgehead atoms. The Kier molecular flexibility index (Phi) is 4.75. The third kappa shape index (κ3) is 3.18. The summed E-state index contributed by atoms with van der Waals surface area (Å²) in [6.45, 7) is 5.68. The number of hydrogen-bond acceptors (Lipinski definition) is 3. The van der Waals surface area contributed by atoms with Gasteiger partial charge >= 0.3 is 5.69 Å². The van der Waals surface area contributed by atoms with Crippen molar-refractivity contribution in [3.8, 4) is 0 Å². The molecule has 26 heavy (non-hydrogen) atoms. The van der Waals surface area contributed by atoms with E-state index in [1.165, 1.54) is 4.57 Å². The van der Waals surface area contributed by atoms with Crippen LogP contribution in [0.4, 0.5) is 5.69 Å². The highest BCUT2D eigenvalue weighted by Gasteiger charge is 2.14. The lowest BCUT2D eigenvalue weighted by Crippen LogP contribution is -2.41. The number of benzene rings is 2. The fourth-order valence-corrected chi connectivity index (χ4v) is 3.01. The Bertz CT molecular complexity index is 1110. The summed E-state index contributed by atoms with van der Waals surface area (Å²) < 4.78 is 2.49. The van der Waals surface area contributed by atoms with Crippen molar-refractivity contribution in [3.63, 3.8) is 0 Å². The Balaban J connectivity index is 2.03. The van der Waals surface area contributed by atoms with Gasteiger partial charge in [0.15, 0.2) is 0 Å². The molecule has 6 nitrogen and oxygen atoms in total. The molecule has 1 amide bonds. The second-order valence-electron chi connectivity index (χ2n) is 6.30. The van der Waals surface area contributed by atoms with Gasteiger partial charge in [0.05, 0.1) is 10.9 Å². The van der Waals surface area contributed by atoms with Crippen LogP contribution in [0.1, 0.15) is 18.1 Å². The fourth-order valence-electron chi connectivity index (χ4n) is 3.01. The van der Waals surface area contributed by atoms with Crippen LogP contribution in [-0.4, -0.2) is 15.0 Å². The largest absolute Gasteiger partial charge is 0.331 e. The number of carbonyl (C=O) groups is 1. The van der Waals surface area contributed by atoms with Crippen molar-refractivity contribution in [2.45, 2.75) is 33.9 Å². The van der Waals surface area contributed by atoms with Crippen LogP contribution in [0.25, 0.3) is 10.9 Å². The van der Waals surface area contributed by atoms with Crippen molar-refractivity contribution in [3.05, 3.63) is 74.4 Å². The summed E-state index contributed by atoms with van der Waals surface area (Å²) in [5.41, 5.74) is 2.35. The molecule has 6 heteroatoms. The van der Waals surface area contributed by atoms with Gasteiger partial charge in [-0.25, -0.2) is 4.79 Å². The lowest BCUT2D eigenvalue weighted by atomic mass is 10.1. The zero-order valence-corrected chi connectivity index (χ0v) is 15.1. The Morgan fingerprint density at radius 1 is 1.04 bits per heavy atom. The highest BCUT2D eigenvalue weighted by molar-refractivity contribution is 5.92. The first-order valence-electron chi connectivity index (χ1n) is 8.52. The van der Waals surface area contributed by atoms with Crippen LogP contribution in [0, 0.1) is 13.8 Å². The highest BCUT2D eigenvalue weighted by Crippen LogP contribution is 2.16. The summed E-state index contributed by atoms with van der Waals surface area (Å²) >= 11 is 0. The second-order valence-corrected chi connectivity index (χ2v) is 6.30. The van der Waals surface area contributed by atoms with E-state index in [2.05, 4.69) is 5.32 Å². The molecule has 0 saturated carbocycles. The number of carbonyl (C=O) groups excluding carboxylic acids is 1. The molecule has 0 aliphatic carbocycles. The van der Waals surface area contributed by atoms with E-state index in [-0.39, 0.29) is 24.6 Å². The average Bonchev–Trinajstić information content (AvgIpc) is 2.62. The number of fused-ring (bicyclic) bond motifs is 1. The van der Waals surface area contributed by atoms with E-state index in [0.717, 1.165) is 21.4 Å². The van der Waals surface area contributed by atoms with Gasteiger partial charge in [0.25, 0.3) is 5.56 Å². The molecule has 0 fully saturated rings. The number of nitrogens with zero attached hydrogens (tertiary/aromatic N) is 2. The van der Waals surface area contributed by atoms with E-state index in [1.807, 2.05) is 32.0 Å². The van der Waals surface area contributed by atoms with Crippen LogP contribution in [0.15, 0.2) is 52.1 Å². The van der Waals surface area contributed by atoms with Crippen LogP contribution in [0.2, 0.25) is 0 Å². The van der Waals surface area contributed by atoms with Gasteiger partial charge in [0.1, 0.15) is 6.54 Å². The Labute approximate surface area is 150 Å². The number of hydrogen-bond donors (Lipinski definition) is 1. The van der Waals surface area contributed by atoms with E-state index in [0.29, 0.717) is 10.9 Å². The van der Waals surface area contributed by atoms with Crippen molar-refractivity contribution in [2.75, 3.05) is 5.32 Å². The molecule has 3 rings (SSSR count). The lowest BCUT2D eigenvalue weighted by Gasteiger charge is -2.14. The Morgan fingerprint density at radius 2 is 1.77 bits per heavy atom. The minimum absolute atomic E-state index is 0.160. The predicted molar refractivity (Wildman–Crippen MR) is 103 cm³/mol. The molecule has 1 aromatic heterocycles. The second kappa shape index (κ2) is 7.00. The van der Waals surface area contributed by atoms with Crippen molar-refractivity contribution in [1.29, 1.82) is 0 Å². The molecule has 0 aliphatic rings. The van der Waals surface area contributed by atoms with Crippen molar-refractivity contribution < 1.29 is 4.79 Å². The van der Waals surface area contributed by atoms with Crippen molar-refractivity contribution in [1.82, 2.24) is 9.13 Å². The first-order chi connectivity index (χ1) is 12.4. The molecule has 0 atom stereocenters. The average molecular weight is 351 g/mol. The van der Waals surface area contributed by atoms with Gasteiger partial charge in [-0.1, -0.05) is 24.3 Å². The molecule has 0 spiro atoms. The topological polar surface area (TPSA) is 73.1 Å². The maximum atomic E-state index is 12.7. The van der Waals surface area contributed by atoms with E-state index >= 15 is 0 Å². The van der Waals surface area contributed by atoms with Gasteiger partial charge < -0.3 is 5.32 Å². The van der Waals surface area contributed by atoms with Gasteiger partial charge in [-0.3, -0.25) is 18.7 Å². The third-order valence-electron chi connectivity index (χ3n) is 4.42. The molecule has 0 radical (unpaired) electrons. The zero-order chi connectivity index (χ0) is 18.8. The normalized spacial score (nSPS) is 10.9. The maximum Gasteiger partial charge on any atom is 0.331 e. The van der Waals surface area contributed by atoms with Gasteiger partial charge in [-0.2, -0.15) is 0 Å². The zero-order valence-electron chi connectivity index (χ0n) is 15.1. The van der Waals surface area contributed by atoms with Crippen LogP contribution < -0.4 is 16.6 Å². The van der Waals surface area contributed by atoms with Crippen molar-refractivity contribution in [2.24, 2.45) is 0 Å². The number of para-hydroxylation sites is 1. The summed E-state index contributed by atoms with van der Waals surface area (Å²) in [6.07, 6.45) is 0. The number of anilines is 1. The number of amides is 1. The fraction of sp³-hybridized carbons (Fsp3) is 0.250. The molecule has 1 N–H and O–H groups in total. The monoisotopic (exact) mass is 351 g/mol. The molecule has 1 heterocycles. The van der Waals surface area contributed by atoms with Crippen LogP contribution >= 0.6 is 0 Å². The predicted octanol–water partition coefficient (Wildman–Crippen LogP) is 2.44. The SMILES string of the molecule is CCn1c(=O)c2ccccc2n(CC(=O)Nc2cc(C)ccc2C)c1=O. The first kappa shape index (κ1) is 17.7. The van der Waals surface area contributed by atoms with Gasteiger partial charge in [-0.15, -0.1) is 0 Å². The van der Waals surface area contributed by atoms with E-state index in [9.17, 15) is 14.4 Å². The molecular formula is C20H21N3O3. The summed E-state index contributed by atoms with van der Waals surface area (Å²) in [7, 11) is 0.